The van der Waals surface area contributed by atoms with Crippen molar-refractivity contribution in [1.82, 2.24) is 9.88 Å². The largest absolute Gasteiger partial charge is 0.355 e. The van der Waals surface area contributed by atoms with E-state index in [4.69, 9.17) is 0 Å². The van der Waals surface area contributed by atoms with Gasteiger partial charge in [-0.25, -0.2) is 0 Å². The number of anilines is 2. The van der Waals surface area contributed by atoms with E-state index in [1.807, 2.05) is 60.8 Å². The van der Waals surface area contributed by atoms with Crippen LogP contribution in [0.5, 0.6) is 0 Å². The molecule has 1 fully saturated rings. The Morgan fingerprint density at radius 1 is 0.973 bits per heavy atom. The lowest BCUT2D eigenvalue weighted by Gasteiger charge is -2.39. The molecule has 1 saturated heterocycles. The zero-order valence-corrected chi connectivity index (χ0v) is 21.0. The zero-order chi connectivity index (χ0) is 25.7. The summed E-state index contributed by atoms with van der Waals surface area (Å²) in [6.07, 6.45) is 4.39. The third-order valence-electron chi connectivity index (χ3n) is 7.42. The summed E-state index contributed by atoms with van der Waals surface area (Å²) < 4.78 is 0. The lowest BCUT2D eigenvalue weighted by Crippen LogP contribution is -2.43. The van der Waals surface area contributed by atoms with E-state index in [9.17, 15) is 10.1 Å². The molecule has 0 aliphatic carbocycles. The van der Waals surface area contributed by atoms with Crippen molar-refractivity contribution in [3.8, 4) is 17.2 Å². The molecular weight excluding hydrogens is 456 g/mol. The van der Waals surface area contributed by atoms with Crippen LogP contribution in [-0.4, -0.2) is 29.3 Å². The molecule has 5 heteroatoms. The summed E-state index contributed by atoms with van der Waals surface area (Å²) in [7, 11) is 0. The molecule has 0 unspecified atom stereocenters. The molecule has 1 aliphatic rings. The maximum absolute atomic E-state index is 12.6. The molecule has 5 nitrogen and oxygen atoms in total. The SMILES string of the molecule is Cc1cccnc1CN1CCC(C=O)(c2ccc(C#N)cc2Nc2ccc(-c3ccccc3)cc2)CC1. The van der Waals surface area contributed by atoms with Crippen LogP contribution in [0.15, 0.2) is 91.1 Å². The summed E-state index contributed by atoms with van der Waals surface area (Å²) in [6.45, 7) is 4.48. The van der Waals surface area contributed by atoms with Gasteiger partial charge in [-0.1, -0.05) is 54.6 Å². The van der Waals surface area contributed by atoms with Crippen LogP contribution in [0.1, 0.15) is 35.2 Å². The average molecular weight is 487 g/mol. The third kappa shape index (κ3) is 5.30. The van der Waals surface area contributed by atoms with Crippen LogP contribution in [0.2, 0.25) is 0 Å². The molecule has 5 rings (SSSR count). The number of likely N-dealkylation sites (tertiary alicyclic amines) is 1. The minimum atomic E-state index is -0.601. The van der Waals surface area contributed by atoms with Gasteiger partial charge >= 0.3 is 0 Å². The first-order valence-corrected chi connectivity index (χ1v) is 12.7. The Hall–Kier alpha value is -4.27. The Kier molecular flexibility index (Phi) is 7.11. The molecule has 0 spiro atoms. The van der Waals surface area contributed by atoms with Crippen LogP contribution in [0.25, 0.3) is 11.1 Å². The number of pyridine rings is 1. The highest BCUT2D eigenvalue weighted by Crippen LogP contribution is 2.40. The predicted octanol–water partition coefficient (Wildman–Crippen LogP) is 6.41. The number of benzene rings is 3. The Morgan fingerprint density at radius 3 is 2.38 bits per heavy atom. The van der Waals surface area contributed by atoms with Crippen LogP contribution >= 0.6 is 0 Å². The van der Waals surface area contributed by atoms with Gasteiger partial charge in [-0.05, 0) is 85.4 Å². The predicted molar refractivity (Wildman–Crippen MR) is 148 cm³/mol. The highest BCUT2D eigenvalue weighted by Gasteiger charge is 2.38. The number of aldehydes is 1. The van der Waals surface area contributed by atoms with Gasteiger partial charge in [-0.2, -0.15) is 5.26 Å². The smallest absolute Gasteiger partial charge is 0.130 e. The second-order valence-electron chi connectivity index (χ2n) is 9.76. The Morgan fingerprint density at radius 2 is 1.70 bits per heavy atom. The number of carbonyl (C=O) groups is 1. The topological polar surface area (TPSA) is 69.0 Å². The quantitative estimate of drug-likeness (QED) is 0.306. The second-order valence-corrected chi connectivity index (χ2v) is 9.76. The lowest BCUT2D eigenvalue weighted by molar-refractivity contribution is -0.114. The summed E-state index contributed by atoms with van der Waals surface area (Å²) >= 11 is 0. The van der Waals surface area contributed by atoms with E-state index >= 15 is 0 Å². The summed E-state index contributed by atoms with van der Waals surface area (Å²) in [5.74, 6) is 0. The first kappa shape index (κ1) is 24.4. The van der Waals surface area contributed by atoms with Gasteiger partial charge in [0, 0.05) is 24.1 Å². The summed E-state index contributed by atoms with van der Waals surface area (Å²) in [5.41, 5.74) is 7.21. The molecule has 37 heavy (non-hydrogen) atoms. The fourth-order valence-electron chi connectivity index (χ4n) is 5.14. The van der Waals surface area contributed by atoms with Gasteiger partial charge in [-0.3, -0.25) is 9.88 Å². The highest BCUT2D eigenvalue weighted by molar-refractivity contribution is 5.78. The molecule has 4 aromatic rings. The monoisotopic (exact) mass is 486 g/mol. The highest BCUT2D eigenvalue weighted by atomic mass is 16.1. The van der Waals surface area contributed by atoms with Crippen molar-refractivity contribution in [3.05, 3.63) is 114 Å². The molecule has 184 valence electrons. The summed E-state index contributed by atoms with van der Waals surface area (Å²) in [5, 5.41) is 13.1. The number of carbonyl (C=O) groups excluding carboxylic acids is 1. The molecule has 1 N–H and O–H groups in total. The fraction of sp³-hybridized carbons (Fsp3) is 0.219. The van der Waals surface area contributed by atoms with Gasteiger partial charge < -0.3 is 10.1 Å². The average Bonchev–Trinajstić information content (AvgIpc) is 2.96. The van der Waals surface area contributed by atoms with Crippen molar-refractivity contribution in [2.75, 3.05) is 18.4 Å². The summed E-state index contributed by atoms with van der Waals surface area (Å²) in [6, 6.07) is 30.4. The van der Waals surface area contributed by atoms with E-state index in [2.05, 4.69) is 58.5 Å². The van der Waals surface area contributed by atoms with E-state index in [1.165, 1.54) is 5.56 Å². The van der Waals surface area contributed by atoms with Crippen molar-refractivity contribution in [2.45, 2.75) is 31.7 Å². The van der Waals surface area contributed by atoms with Gasteiger partial charge in [0.1, 0.15) is 6.29 Å². The summed E-state index contributed by atoms with van der Waals surface area (Å²) in [4.78, 5) is 19.6. The molecule has 0 atom stereocenters. The second kappa shape index (κ2) is 10.8. The number of hydrogen-bond acceptors (Lipinski definition) is 5. The Labute approximate surface area is 218 Å². The van der Waals surface area contributed by atoms with E-state index in [1.54, 1.807) is 0 Å². The van der Waals surface area contributed by atoms with Crippen LogP contribution < -0.4 is 5.32 Å². The van der Waals surface area contributed by atoms with Gasteiger partial charge in [0.25, 0.3) is 0 Å². The van der Waals surface area contributed by atoms with E-state index in [0.717, 1.165) is 72.5 Å². The number of nitrogens with zero attached hydrogens (tertiary/aromatic N) is 3. The van der Waals surface area contributed by atoms with E-state index in [0.29, 0.717) is 5.56 Å². The maximum atomic E-state index is 12.6. The van der Waals surface area contributed by atoms with Gasteiger partial charge in [-0.15, -0.1) is 0 Å². The molecular formula is C32H30N4O. The molecule has 0 saturated carbocycles. The minimum Gasteiger partial charge on any atom is -0.355 e. The van der Waals surface area contributed by atoms with E-state index < -0.39 is 5.41 Å². The van der Waals surface area contributed by atoms with Gasteiger partial charge in [0.05, 0.1) is 22.7 Å². The molecule has 3 aromatic carbocycles. The molecule has 1 aromatic heterocycles. The van der Waals surface area contributed by atoms with E-state index in [-0.39, 0.29) is 0 Å². The van der Waals surface area contributed by atoms with Crippen LogP contribution in [0.4, 0.5) is 11.4 Å². The minimum absolute atomic E-state index is 0.566. The fourth-order valence-corrected chi connectivity index (χ4v) is 5.14. The lowest BCUT2D eigenvalue weighted by atomic mass is 9.73. The van der Waals surface area contributed by atoms with Crippen LogP contribution in [0, 0.1) is 18.3 Å². The molecule has 1 aliphatic heterocycles. The molecule has 0 radical (unpaired) electrons. The third-order valence-corrected chi connectivity index (χ3v) is 7.42. The maximum Gasteiger partial charge on any atom is 0.130 e. The zero-order valence-electron chi connectivity index (χ0n) is 21.0. The Balaban J connectivity index is 1.38. The number of piperidine rings is 1. The van der Waals surface area contributed by atoms with Crippen molar-refractivity contribution in [1.29, 1.82) is 5.26 Å². The number of rotatable bonds is 7. The van der Waals surface area contributed by atoms with Crippen molar-refractivity contribution >= 4 is 17.7 Å². The van der Waals surface area contributed by atoms with Crippen molar-refractivity contribution < 1.29 is 4.79 Å². The van der Waals surface area contributed by atoms with Gasteiger partial charge in [0.15, 0.2) is 0 Å². The van der Waals surface area contributed by atoms with Crippen molar-refractivity contribution in [3.63, 3.8) is 0 Å². The molecule has 0 bridgehead atoms. The number of aromatic nitrogens is 1. The number of nitriles is 1. The standard InChI is InChI=1S/C32H30N4O/c1-24-6-5-17-34-31(24)22-36-18-15-32(23-37,16-19-36)29-14-9-25(21-33)20-30(29)35-28-12-10-27(11-13-28)26-7-3-2-4-8-26/h2-14,17,20,23,35H,15-16,18-19,22H2,1H3. The molecule has 2 heterocycles. The number of hydrogen-bond donors (Lipinski definition) is 1. The van der Waals surface area contributed by atoms with Crippen LogP contribution in [0.3, 0.4) is 0 Å². The first-order chi connectivity index (χ1) is 18.1. The van der Waals surface area contributed by atoms with Crippen LogP contribution in [-0.2, 0) is 16.8 Å². The van der Waals surface area contributed by atoms with Gasteiger partial charge in [0.2, 0.25) is 0 Å². The first-order valence-electron chi connectivity index (χ1n) is 12.7. The molecule has 0 amide bonds. The Bertz CT molecular complexity index is 1420. The number of nitrogens with one attached hydrogen (secondary N) is 1. The number of aryl methyl sites for hydroxylation is 1. The van der Waals surface area contributed by atoms with Crippen molar-refractivity contribution in [2.24, 2.45) is 0 Å². The normalized spacial score (nSPS) is 15.0.